The van der Waals surface area contributed by atoms with Crippen LogP contribution in [0.4, 0.5) is 0 Å². The molecule has 0 amide bonds. The standard InChI is InChI=1S/C17H17N3.Ag.BrH/c1-13-10-14(2)17(15(3)11-13)20-9-8-19(12-20)16-6-4-5-7-18-16;;/h4-11H,1-3H3;;1H/q2*+1;/p-1. The Morgan fingerprint density at radius 2 is 1.77 bits per heavy atom. The number of imidazole rings is 1. The minimum absolute atomic E-state index is 0. The smallest absolute Gasteiger partial charge is 1.00 e. The molecule has 0 aliphatic heterocycles. The maximum absolute atomic E-state index is 4.33. The van der Waals surface area contributed by atoms with Crippen LogP contribution in [0.5, 0.6) is 0 Å². The number of rotatable bonds is 2. The van der Waals surface area contributed by atoms with Crippen LogP contribution >= 0.6 is 0 Å². The van der Waals surface area contributed by atoms with Gasteiger partial charge in [-0.15, -0.1) is 4.98 Å². The van der Waals surface area contributed by atoms with Gasteiger partial charge in [-0.05, 0) is 38.0 Å². The summed E-state index contributed by atoms with van der Waals surface area (Å²) in [5.74, 6) is 0.869. The molecule has 0 unspecified atom stereocenters. The van der Waals surface area contributed by atoms with Gasteiger partial charge in [-0.1, -0.05) is 23.8 Å². The predicted octanol–water partition coefficient (Wildman–Crippen LogP) is -0.124. The fraction of sp³-hybridized carbons (Fsp3) is 0.176. The van der Waals surface area contributed by atoms with Crippen LogP contribution in [0.1, 0.15) is 16.7 Å². The van der Waals surface area contributed by atoms with Crippen LogP contribution in [0.2, 0.25) is 0 Å². The molecule has 0 N–H and O–H groups in total. The Hall–Kier alpha value is -1.20. The van der Waals surface area contributed by atoms with E-state index < -0.39 is 0 Å². The summed E-state index contributed by atoms with van der Waals surface area (Å²) in [5, 5.41) is 0. The molecule has 0 aliphatic carbocycles. The summed E-state index contributed by atoms with van der Waals surface area (Å²) in [4.78, 5) is 4.33. The Kier molecular flexibility index (Phi) is 6.75. The molecule has 3 rings (SSSR count). The number of pyridine rings is 1. The third-order valence-corrected chi connectivity index (χ3v) is 3.35. The van der Waals surface area contributed by atoms with Crippen LogP contribution in [-0.4, -0.2) is 9.55 Å². The van der Waals surface area contributed by atoms with Gasteiger partial charge in [0.05, 0.1) is 0 Å². The molecule has 0 spiro atoms. The Morgan fingerprint density at radius 1 is 1.09 bits per heavy atom. The van der Waals surface area contributed by atoms with Crippen molar-refractivity contribution in [1.29, 1.82) is 0 Å². The summed E-state index contributed by atoms with van der Waals surface area (Å²) in [6, 6.07) is 10.2. The third kappa shape index (κ3) is 3.76. The summed E-state index contributed by atoms with van der Waals surface area (Å²) < 4.78 is 3.93. The summed E-state index contributed by atoms with van der Waals surface area (Å²) in [7, 11) is 0. The zero-order valence-corrected chi connectivity index (χ0v) is 15.7. The van der Waals surface area contributed by atoms with Crippen LogP contribution in [0, 0.1) is 27.1 Å². The van der Waals surface area contributed by atoms with E-state index in [-0.39, 0.29) is 39.4 Å². The zero-order chi connectivity index (χ0) is 14.1. The second kappa shape index (κ2) is 7.88. The Labute approximate surface area is 157 Å². The quantitative estimate of drug-likeness (QED) is 0.394. The van der Waals surface area contributed by atoms with Crippen LogP contribution in [0.3, 0.4) is 0 Å². The first kappa shape index (κ1) is 18.8. The Balaban J connectivity index is 0.00000121. The molecule has 1 radical (unpaired) electrons. The summed E-state index contributed by atoms with van der Waals surface area (Å²) >= 11 is 0. The van der Waals surface area contributed by atoms with E-state index in [0.717, 1.165) is 5.82 Å². The van der Waals surface area contributed by atoms with Gasteiger partial charge in [0, 0.05) is 6.07 Å². The maximum atomic E-state index is 4.33. The van der Waals surface area contributed by atoms with Gasteiger partial charge >= 0.3 is 28.7 Å². The van der Waals surface area contributed by atoms with Crippen molar-refractivity contribution in [3.05, 3.63) is 71.9 Å². The van der Waals surface area contributed by atoms with Crippen molar-refractivity contribution < 1.29 is 43.9 Å². The molecule has 3 aromatic rings. The van der Waals surface area contributed by atoms with Crippen molar-refractivity contribution in [1.82, 2.24) is 9.55 Å². The number of aromatic nitrogens is 3. The largest absolute Gasteiger partial charge is 1.00 e. The van der Waals surface area contributed by atoms with Gasteiger partial charge in [0.2, 0.25) is 0 Å². The number of benzene rings is 1. The normalized spacial score (nSPS) is 9.77. The van der Waals surface area contributed by atoms with Gasteiger partial charge in [0.15, 0.2) is 0 Å². The molecule has 0 bridgehead atoms. The van der Waals surface area contributed by atoms with Crippen LogP contribution in [0.25, 0.3) is 11.5 Å². The molecule has 22 heavy (non-hydrogen) atoms. The predicted molar refractivity (Wildman–Crippen MR) is 78.1 cm³/mol. The fourth-order valence-corrected chi connectivity index (χ4v) is 2.62. The van der Waals surface area contributed by atoms with Gasteiger partial charge < -0.3 is 17.0 Å². The molecule has 0 saturated carbocycles. The SMILES string of the molecule is Cc1cc(C)c(-n2[c][n+](-c3ccccn3)cc2)c(C)c1.[Ag+].[Br-]. The average molecular weight is 451 g/mol. The van der Waals surface area contributed by atoms with Crippen molar-refractivity contribution >= 4 is 0 Å². The van der Waals surface area contributed by atoms with E-state index in [2.05, 4.69) is 44.2 Å². The molecule has 3 nitrogen and oxygen atoms in total. The van der Waals surface area contributed by atoms with E-state index in [4.69, 9.17) is 0 Å². The van der Waals surface area contributed by atoms with Crippen molar-refractivity contribution in [2.45, 2.75) is 20.8 Å². The van der Waals surface area contributed by atoms with Crippen molar-refractivity contribution in [3.63, 3.8) is 0 Å². The van der Waals surface area contributed by atoms with E-state index in [0.29, 0.717) is 0 Å². The fourth-order valence-electron chi connectivity index (χ4n) is 2.62. The molecule has 0 fully saturated rings. The van der Waals surface area contributed by atoms with Gasteiger partial charge in [0.1, 0.15) is 24.3 Å². The summed E-state index contributed by atoms with van der Waals surface area (Å²) in [6.45, 7) is 6.39. The van der Waals surface area contributed by atoms with Gasteiger partial charge in [0.25, 0.3) is 5.82 Å². The topological polar surface area (TPSA) is 21.7 Å². The summed E-state index contributed by atoms with van der Waals surface area (Å²) in [6.07, 6.45) is 9.09. The molecule has 1 aromatic carbocycles. The maximum Gasteiger partial charge on any atom is 1.00 e. The number of aryl methyl sites for hydroxylation is 3. The molecule has 2 aromatic heterocycles. The van der Waals surface area contributed by atoms with Gasteiger partial charge in [-0.3, -0.25) is 0 Å². The first-order valence-electron chi connectivity index (χ1n) is 6.67. The van der Waals surface area contributed by atoms with E-state index in [9.17, 15) is 0 Å². The number of hydrogen-bond acceptors (Lipinski definition) is 1. The Bertz CT molecular complexity index is 731. The van der Waals surface area contributed by atoms with E-state index >= 15 is 0 Å². The van der Waals surface area contributed by atoms with Crippen LogP contribution in [-0.2, 0) is 22.4 Å². The van der Waals surface area contributed by atoms with Gasteiger partial charge in [-0.25, -0.2) is 4.57 Å². The minimum Gasteiger partial charge on any atom is -1.00 e. The first-order valence-corrected chi connectivity index (χ1v) is 6.67. The second-order valence-electron chi connectivity index (χ2n) is 5.07. The molecule has 0 atom stereocenters. The zero-order valence-electron chi connectivity index (χ0n) is 12.6. The Morgan fingerprint density at radius 3 is 2.36 bits per heavy atom. The minimum atomic E-state index is 0. The van der Waals surface area contributed by atoms with E-state index in [1.807, 2.05) is 39.7 Å². The monoisotopic (exact) mass is 449 g/mol. The van der Waals surface area contributed by atoms with Crippen LogP contribution in [0.15, 0.2) is 48.9 Å². The van der Waals surface area contributed by atoms with E-state index in [1.54, 1.807) is 6.20 Å². The molecule has 5 heteroatoms. The third-order valence-electron chi connectivity index (χ3n) is 3.35. The molecule has 0 saturated heterocycles. The van der Waals surface area contributed by atoms with Gasteiger partial charge in [-0.2, -0.15) is 4.57 Å². The average Bonchev–Trinajstić information content (AvgIpc) is 2.88. The number of hydrogen-bond donors (Lipinski definition) is 0. The molecular weight excluding hydrogens is 434 g/mol. The van der Waals surface area contributed by atoms with E-state index in [1.165, 1.54) is 22.4 Å². The van der Waals surface area contributed by atoms with Crippen molar-refractivity contribution in [2.75, 3.05) is 0 Å². The number of nitrogens with zero attached hydrogens (tertiary/aromatic N) is 3. The molecule has 117 valence electrons. The number of halogens is 1. The van der Waals surface area contributed by atoms with Crippen molar-refractivity contribution in [3.8, 4) is 11.5 Å². The summed E-state index contributed by atoms with van der Waals surface area (Å²) in [5.41, 5.74) is 4.98. The van der Waals surface area contributed by atoms with Crippen molar-refractivity contribution in [2.24, 2.45) is 0 Å². The molecular formula is C17H17AgBrN3+. The molecule has 2 heterocycles. The first-order chi connectivity index (χ1) is 9.65. The second-order valence-corrected chi connectivity index (χ2v) is 5.07. The molecule has 0 aliphatic rings. The van der Waals surface area contributed by atoms with Crippen LogP contribution < -0.4 is 21.5 Å².